The largest absolute Gasteiger partial charge is 0.507 e. The van der Waals surface area contributed by atoms with Gasteiger partial charge in [0.25, 0.3) is 0 Å². The van der Waals surface area contributed by atoms with E-state index in [0.717, 1.165) is 36.8 Å². The van der Waals surface area contributed by atoms with Crippen molar-refractivity contribution in [2.24, 2.45) is 9.98 Å². The van der Waals surface area contributed by atoms with Crippen molar-refractivity contribution in [3.8, 4) is 11.5 Å². The lowest BCUT2D eigenvalue weighted by atomic mass is 9.85. The first kappa shape index (κ1) is 26.6. The van der Waals surface area contributed by atoms with Gasteiger partial charge in [-0.3, -0.25) is 9.98 Å². The van der Waals surface area contributed by atoms with Gasteiger partial charge in [0.15, 0.2) is 0 Å². The van der Waals surface area contributed by atoms with Crippen LogP contribution in [0.2, 0.25) is 10.0 Å². The third-order valence-corrected chi connectivity index (χ3v) is 6.76. The standard InChI is InChI=1S/C28H36Cl2N2O2/c1-27(2,3)21-13-19(29)11-17(25(21)33)15-31-23-9-7-8-10-24(23)32-16-18-12-20(30)14-22(26(18)34)28(4,5)6/h11-16,23-24,33-34H,7-10H2,1-6H3/t23-,24-/m0/s1. The predicted molar refractivity (Wildman–Crippen MR) is 145 cm³/mol. The Bertz CT molecular complexity index is 1010. The Morgan fingerprint density at radius 2 is 1.06 bits per heavy atom. The smallest absolute Gasteiger partial charge is 0.128 e. The van der Waals surface area contributed by atoms with Crippen molar-refractivity contribution in [2.45, 2.75) is 90.1 Å². The topological polar surface area (TPSA) is 65.2 Å². The molecule has 4 nitrogen and oxygen atoms in total. The summed E-state index contributed by atoms with van der Waals surface area (Å²) in [7, 11) is 0. The fraction of sp³-hybridized carbons (Fsp3) is 0.500. The van der Waals surface area contributed by atoms with Crippen LogP contribution in [0.1, 0.15) is 89.5 Å². The lowest BCUT2D eigenvalue weighted by molar-refractivity contribution is 0.390. The monoisotopic (exact) mass is 502 g/mol. The summed E-state index contributed by atoms with van der Waals surface area (Å²) in [6, 6.07) is 7.09. The number of phenols is 2. The maximum Gasteiger partial charge on any atom is 0.128 e. The second-order valence-electron chi connectivity index (χ2n) is 11.3. The van der Waals surface area contributed by atoms with Crippen LogP contribution in [0, 0.1) is 0 Å². The van der Waals surface area contributed by atoms with Crippen LogP contribution < -0.4 is 0 Å². The average molecular weight is 504 g/mol. The van der Waals surface area contributed by atoms with Crippen LogP contribution >= 0.6 is 23.2 Å². The zero-order valence-electron chi connectivity index (χ0n) is 21.0. The summed E-state index contributed by atoms with van der Waals surface area (Å²) in [5.41, 5.74) is 2.36. The van der Waals surface area contributed by atoms with Gasteiger partial charge in [-0.15, -0.1) is 0 Å². The quantitative estimate of drug-likeness (QED) is 0.417. The van der Waals surface area contributed by atoms with Gasteiger partial charge in [0.05, 0.1) is 12.1 Å². The lowest BCUT2D eigenvalue weighted by Gasteiger charge is -2.26. The Kier molecular flexibility index (Phi) is 8.04. The van der Waals surface area contributed by atoms with E-state index in [2.05, 4.69) is 0 Å². The molecule has 0 aromatic heterocycles. The van der Waals surface area contributed by atoms with E-state index in [1.807, 2.05) is 53.7 Å². The van der Waals surface area contributed by atoms with Gasteiger partial charge in [0, 0.05) is 44.7 Å². The van der Waals surface area contributed by atoms with E-state index in [9.17, 15) is 10.2 Å². The molecule has 3 rings (SSSR count). The number of aromatic hydroxyl groups is 2. The Morgan fingerprint density at radius 3 is 1.38 bits per heavy atom. The molecule has 2 N–H and O–H groups in total. The number of hydrogen-bond acceptors (Lipinski definition) is 4. The fourth-order valence-corrected chi connectivity index (χ4v) is 4.83. The number of phenolic OH excluding ortho intramolecular Hbond substituents is 2. The highest BCUT2D eigenvalue weighted by Crippen LogP contribution is 2.37. The second kappa shape index (κ2) is 10.3. The fourth-order valence-electron chi connectivity index (χ4n) is 4.37. The van der Waals surface area contributed by atoms with Crippen LogP contribution in [-0.4, -0.2) is 34.7 Å². The van der Waals surface area contributed by atoms with Crippen molar-refractivity contribution >= 4 is 35.6 Å². The minimum atomic E-state index is -0.236. The van der Waals surface area contributed by atoms with E-state index in [0.29, 0.717) is 21.2 Å². The lowest BCUT2D eigenvalue weighted by Crippen LogP contribution is -2.27. The van der Waals surface area contributed by atoms with Gasteiger partial charge in [0.1, 0.15) is 11.5 Å². The van der Waals surface area contributed by atoms with Crippen molar-refractivity contribution in [3.05, 3.63) is 56.6 Å². The molecule has 2 aromatic rings. The van der Waals surface area contributed by atoms with E-state index >= 15 is 0 Å². The number of nitrogens with zero attached hydrogens (tertiary/aromatic N) is 2. The van der Waals surface area contributed by atoms with Gasteiger partial charge in [-0.1, -0.05) is 77.6 Å². The molecule has 1 aliphatic carbocycles. The number of halogens is 2. The summed E-state index contributed by atoms with van der Waals surface area (Å²) >= 11 is 12.7. The molecule has 6 heteroatoms. The Balaban J connectivity index is 1.88. The van der Waals surface area contributed by atoms with Crippen molar-refractivity contribution in [1.29, 1.82) is 0 Å². The highest BCUT2D eigenvalue weighted by Gasteiger charge is 2.25. The van der Waals surface area contributed by atoms with Gasteiger partial charge < -0.3 is 10.2 Å². The molecule has 34 heavy (non-hydrogen) atoms. The number of rotatable bonds is 4. The number of hydrogen-bond donors (Lipinski definition) is 2. The summed E-state index contributed by atoms with van der Waals surface area (Å²) in [6.45, 7) is 12.3. The van der Waals surface area contributed by atoms with Crippen molar-refractivity contribution < 1.29 is 10.2 Å². The molecule has 0 saturated heterocycles. The SMILES string of the molecule is CC(C)(C)c1cc(Cl)cc(C=N[C@H]2CCCC[C@@H]2N=Cc2cc(Cl)cc(C(C)(C)C)c2O)c1O. The molecular weight excluding hydrogens is 467 g/mol. The highest BCUT2D eigenvalue weighted by molar-refractivity contribution is 6.31. The van der Waals surface area contributed by atoms with E-state index in [4.69, 9.17) is 33.2 Å². The summed E-state index contributed by atoms with van der Waals surface area (Å²) < 4.78 is 0. The van der Waals surface area contributed by atoms with Crippen molar-refractivity contribution in [2.75, 3.05) is 0 Å². The maximum absolute atomic E-state index is 10.8. The third kappa shape index (κ3) is 6.34. The Hall–Kier alpha value is -2.04. The second-order valence-corrected chi connectivity index (χ2v) is 12.1. The normalized spacial score (nSPS) is 19.9. The molecule has 2 aromatic carbocycles. The molecule has 0 bridgehead atoms. The molecule has 0 aliphatic heterocycles. The molecule has 1 aliphatic rings. The molecule has 0 unspecified atom stereocenters. The molecule has 0 heterocycles. The van der Waals surface area contributed by atoms with Gasteiger partial charge >= 0.3 is 0 Å². The molecule has 184 valence electrons. The van der Waals surface area contributed by atoms with Gasteiger partial charge in [-0.25, -0.2) is 0 Å². The predicted octanol–water partition coefficient (Wildman–Crippen LogP) is 7.85. The minimum absolute atomic E-state index is 0.00937. The number of aliphatic imine (C=N–C) groups is 2. The van der Waals surface area contributed by atoms with Crippen molar-refractivity contribution in [3.63, 3.8) is 0 Å². The molecule has 0 amide bonds. The van der Waals surface area contributed by atoms with Crippen molar-refractivity contribution in [1.82, 2.24) is 0 Å². The van der Waals surface area contributed by atoms with E-state index < -0.39 is 0 Å². The molecule has 1 saturated carbocycles. The molecule has 2 atom stereocenters. The van der Waals surface area contributed by atoms with Crippen LogP contribution in [-0.2, 0) is 10.8 Å². The molecular formula is C28H36Cl2N2O2. The summed E-state index contributed by atoms with van der Waals surface area (Å²) in [5.74, 6) is 0.435. The maximum atomic E-state index is 10.8. The van der Waals surface area contributed by atoms with Crippen LogP contribution in [0.15, 0.2) is 34.3 Å². The first-order valence-corrected chi connectivity index (χ1v) is 12.7. The van der Waals surface area contributed by atoms with Gasteiger partial charge in [-0.2, -0.15) is 0 Å². The van der Waals surface area contributed by atoms with Gasteiger partial charge in [-0.05, 0) is 47.9 Å². The molecule has 0 radical (unpaired) electrons. The first-order valence-electron chi connectivity index (χ1n) is 11.9. The minimum Gasteiger partial charge on any atom is -0.507 e. The average Bonchev–Trinajstić information content (AvgIpc) is 2.73. The Labute approximate surface area is 213 Å². The van der Waals surface area contributed by atoms with E-state index in [1.54, 1.807) is 24.6 Å². The highest BCUT2D eigenvalue weighted by atomic mass is 35.5. The first-order chi connectivity index (χ1) is 15.8. The van der Waals surface area contributed by atoms with Crippen LogP contribution in [0.3, 0.4) is 0 Å². The molecule has 1 fully saturated rings. The van der Waals surface area contributed by atoms with E-state index in [-0.39, 0.29) is 34.4 Å². The van der Waals surface area contributed by atoms with Crippen LogP contribution in [0.4, 0.5) is 0 Å². The van der Waals surface area contributed by atoms with Crippen LogP contribution in [0.5, 0.6) is 11.5 Å². The summed E-state index contributed by atoms with van der Waals surface area (Å²) in [6.07, 6.45) is 7.45. The third-order valence-electron chi connectivity index (χ3n) is 6.33. The zero-order chi connectivity index (χ0) is 25.3. The number of benzene rings is 2. The zero-order valence-corrected chi connectivity index (χ0v) is 22.5. The van der Waals surface area contributed by atoms with Crippen LogP contribution in [0.25, 0.3) is 0 Å². The summed E-state index contributed by atoms with van der Waals surface area (Å²) in [4.78, 5) is 9.65. The summed E-state index contributed by atoms with van der Waals surface area (Å²) in [5, 5.41) is 22.8. The molecule has 0 spiro atoms. The Morgan fingerprint density at radius 1 is 0.706 bits per heavy atom. The van der Waals surface area contributed by atoms with E-state index in [1.165, 1.54) is 0 Å². The van der Waals surface area contributed by atoms with Gasteiger partial charge in [0.2, 0.25) is 0 Å².